The quantitative estimate of drug-likeness (QED) is 0.446. The molecular weight excluding hydrogens is 371 g/mol. The third-order valence-corrected chi connectivity index (χ3v) is 3.94. The first-order chi connectivity index (χ1) is 13.5. The van der Waals surface area contributed by atoms with Crippen LogP contribution in [-0.4, -0.2) is 46.5 Å². The normalized spacial score (nSPS) is 12.2. The van der Waals surface area contributed by atoms with Crippen LogP contribution >= 0.6 is 0 Å². The van der Waals surface area contributed by atoms with E-state index in [1.54, 1.807) is 24.4 Å². The largest absolute Gasteiger partial charge is 0.459 e. The standard InChI is InChI=1S/C18H19FN4O5/c1-26-17(10-27-16(24)8-20)28-11-22-7-6-15-21-14(9-23(15)18(22)25)12-2-4-13(19)5-3-12/h2-7,9,17H,8,10-11,20H2,1H3. The number of benzene rings is 1. The maximum atomic E-state index is 13.1. The van der Waals surface area contributed by atoms with Gasteiger partial charge in [0.1, 0.15) is 24.8 Å². The van der Waals surface area contributed by atoms with E-state index in [9.17, 15) is 14.0 Å². The van der Waals surface area contributed by atoms with Gasteiger partial charge in [0, 0.05) is 25.1 Å². The summed E-state index contributed by atoms with van der Waals surface area (Å²) in [5.74, 6) is -0.937. The number of nitrogens with zero attached hydrogens (tertiary/aromatic N) is 3. The van der Waals surface area contributed by atoms with E-state index < -0.39 is 12.3 Å². The fourth-order valence-corrected chi connectivity index (χ4v) is 2.45. The van der Waals surface area contributed by atoms with Gasteiger partial charge in [0.05, 0.1) is 12.2 Å². The summed E-state index contributed by atoms with van der Waals surface area (Å²) in [7, 11) is 1.39. The van der Waals surface area contributed by atoms with Crippen LogP contribution in [-0.2, 0) is 25.7 Å². The number of carbonyl (C=O) groups is 1. The molecule has 0 saturated carbocycles. The number of imidazole rings is 1. The molecule has 2 N–H and O–H groups in total. The number of halogens is 1. The molecule has 3 aromatic rings. The van der Waals surface area contributed by atoms with Crippen LogP contribution in [0.3, 0.4) is 0 Å². The van der Waals surface area contributed by atoms with E-state index >= 15 is 0 Å². The van der Waals surface area contributed by atoms with Crippen LogP contribution in [0.5, 0.6) is 0 Å². The zero-order valence-electron chi connectivity index (χ0n) is 15.1. The topological polar surface area (TPSA) is 110 Å². The number of ether oxygens (including phenoxy) is 3. The van der Waals surface area contributed by atoms with Crippen LogP contribution in [0.25, 0.3) is 16.9 Å². The molecule has 0 aliphatic rings. The predicted octanol–water partition coefficient (Wildman–Crippen LogP) is 0.751. The second-order valence-corrected chi connectivity index (χ2v) is 5.78. The Kier molecular flexibility index (Phi) is 6.14. The van der Waals surface area contributed by atoms with Crippen LogP contribution in [0.4, 0.5) is 4.39 Å². The molecular formula is C18H19FN4O5. The summed E-state index contributed by atoms with van der Waals surface area (Å²) < 4.78 is 31.1. The second-order valence-electron chi connectivity index (χ2n) is 5.78. The predicted molar refractivity (Wildman–Crippen MR) is 96.7 cm³/mol. The zero-order valence-corrected chi connectivity index (χ0v) is 15.1. The van der Waals surface area contributed by atoms with Crippen LogP contribution in [0.2, 0.25) is 0 Å². The second kappa shape index (κ2) is 8.74. The van der Waals surface area contributed by atoms with Crippen molar-refractivity contribution in [1.82, 2.24) is 14.0 Å². The van der Waals surface area contributed by atoms with E-state index in [1.165, 1.54) is 34.4 Å². The van der Waals surface area contributed by atoms with Crippen molar-refractivity contribution in [2.75, 3.05) is 20.3 Å². The van der Waals surface area contributed by atoms with Crippen molar-refractivity contribution in [2.24, 2.45) is 5.73 Å². The minimum absolute atomic E-state index is 0.127. The lowest BCUT2D eigenvalue weighted by atomic mass is 10.2. The molecule has 0 bridgehead atoms. The number of nitrogens with two attached hydrogens (primary N) is 1. The van der Waals surface area contributed by atoms with Crippen LogP contribution in [0.1, 0.15) is 0 Å². The number of methoxy groups -OCH3 is 1. The number of hydrogen-bond donors (Lipinski definition) is 1. The molecule has 10 heteroatoms. The van der Waals surface area contributed by atoms with Gasteiger partial charge in [-0.2, -0.15) is 0 Å². The molecule has 9 nitrogen and oxygen atoms in total. The van der Waals surface area contributed by atoms with Crippen molar-refractivity contribution in [2.45, 2.75) is 13.0 Å². The fraction of sp³-hybridized carbons (Fsp3) is 0.278. The molecule has 0 saturated heterocycles. The average Bonchev–Trinajstić information content (AvgIpc) is 3.15. The number of esters is 1. The van der Waals surface area contributed by atoms with Crippen molar-refractivity contribution in [3.05, 3.63) is 59.0 Å². The molecule has 0 amide bonds. The molecule has 1 atom stereocenters. The highest BCUT2D eigenvalue weighted by Crippen LogP contribution is 2.18. The van der Waals surface area contributed by atoms with Gasteiger partial charge in [-0.1, -0.05) is 0 Å². The minimum atomic E-state index is -0.851. The molecule has 3 rings (SSSR count). The van der Waals surface area contributed by atoms with Crippen LogP contribution in [0, 0.1) is 5.82 Å². The van der Waals surface area contributed by atoms with Crippen LogP contribution in [0.15, 0.2) is 47.5 Å². The highest BCUT2D eigenvalue weighted by atomic mass is 19.1. The summed E-state index contributed by atoms with van der Waals surface area (Å²) in [4.78, 5) is 28.1. The van der Waals surface area contributed by atoms with Crippen molar-refractivity contribution in [1.29, 1.82) is 0 Å². The summed E-state index contributed by atoms with van der Waals surface area (Å²) in [5.41, 5.74) is 6.45. The van der Waals surface area contributed by atoms with Gasteiger partial charge in [0.25, 0.3) is 0 Å². The Bertz CT molecular complexity index is 1010. The molecule has 1 unspecified atom stereocenters. The number of aromatic nitrogens is 3. The molecule has 0 aliphatic heterocycles. The first-order valence-electron chi connectivity index (χ1n) is 8.36. The fourth-order valence-electron chi connectivity index (χ4n) is 2.45. The molecule has 1 aromatic carbocycles. The maximum Gasteiger partial charge on any atom is 0.335 e. The van der Waals surface area contributed by atoms with E-state index in [4.69, 9.17) is 19.9 Å². The lowest BCUT2D eigenvalue weighted by molar-refractivity contribution is -0.184. The van der Waals surface area contributed by atoms with Crippen molar-refractivity contribution in [3.63, 3.8) is 0 Å². The molecule has 0 fully saturated rings. The Balaban J connectivity index is 1.75. The molecule has 2 heterocycles. The Morgan fingerprint density at radius 1 is 1.29 bits per heavy atom. The lowest BCUT2D eigenvalue weighted by Gasteiger charge is -2.16. The van der Waals surface area contributed by atoms with Gasteiger partial charge >= 0.3 is 11.7 Å². The SMILES string of the molecule is COC(COC(=O)CN)OCn1ccc2nc(-c3ccc(F)cc3)cn2c1=O. The third-order valence-electron chi connectivity index (χ3n) is 3.94. The lowest BCUT2D eigenvalue weighted by Crippen LogP contribution is -2.31. The van der Waals surface area contributed by atoms with E-state index in [1.807, 2.05) is 0 Å². The highest BCUT2D eigenvalue weighted by Gasteiger charge is 2.13. The maximum absolute atomic E-state index is 13.1. The van der Waals surface area contributed by atoms with Gasteiger partial charge in [0.15, 0.2) is 6.29 Å². The molecule has 28 heavy (non-hydrogen) atoms. The first-order valence-corrected chi connectivity index (χ1v) is 8.36. The average molecular weight is 390 g/mol. The van der Waals surface area contributed by atoms with Gasteiger partial charge in [-0.15, -0.1) is 0 Å². The van der Waals surface area contributed by atoms with Crippen molar-refractivity contribution < 1.29 is 23.4 Å². The van der Waals surface area contributed by atoms with E-state index in [2.05, 4.69) is 4.98 Å². The molecule has 0 spiro atoms. The summed E-state index contributed by atoms with van der Waals surface area (Å²) in [6, 6.07) is 7.48. The van der Waals surface area contributed by atoms with E-state index in [0.717, 1.165) is 0 Å². The molecule has 0 radical (unpaired) electrons. The summed E-state index contributed by atoms with van der Waals surface area (Å²) in [6.45, 7) is -0.523. The molecule has 148 valence electrons. The summed E-state index contributed by atoms with van der Waals surface area (Å²) in [5, 5.41) is 0. The van der Waals surface area contributed by atoms with Gasteiger partial charge in [-0.05, 0) is 30.3 Å². The summed E-state index contributed by atoms with van der Waals surface area (Å²) >= 11 is 0. The monoisotopic (exact) mass is 390 g/mol. The van der Waals surface area contributed by atoms with Gasteiger partial charge < -0.3 is 19.9 Å². The Morgan fingerprint density at radius 3 is 2.71 bits per heavy atom. The third kappa shape index (κ3) is 4.42. The van der Waals surface area contributed by atoms with Gasteiger partial charge in [-0.25, -0.2) is 14.2 Å². The summed E-state index contributed by atoms with van der Waals surface area (Å²) in [6.07, 6.45) is 2.24. The number of fused-ring (bicyclic) bond motifs is 1. The molecule has 0 aliphatic carbocycles. The first kappa shape index (κ1) is 19.7. The Hall–Kier alpha value is -3.08. The Labute approximate surface area is 159 Å². The van der Waals surface area contributed by atoms with Crippen LogP contribution < -0.4 is 11.4 Å². The Morgan fingerprint density at radius 2 is 2.04 bits per heavy atom. The number of hydrogen-bond acceptors (Lipinski definition) is 7. The molecule has 2 aromatic heterocycles. The minimum Gasteiger partial charge on any atom is -0.459 e. The zero-order chi connectivity index (χ0) is 20.1. The highest BCUT2D eigenvalue weighted by molar-refractivity contribution is 5.71. The van der Waals surface area contributed by atoms with Gasteiger partial charge in [0.2, 0.25) is 0 Å². The smallest absolute Gasteiger partial charge is 0.335 e. The number of carbonyl (C=O) groups excluding carboxylic acids is 1. The van der Waals surface area contributed by atoms with Gasteiger partial charge in [-0.3, -0.25) is 13.8 Å². The number of rotatable bonds is 8. The van der Waals surface area contributed by atoms with E-state index in [-0.39, 0.29) is 31.4 Å². The van der Waals surface area contributed by atoms with Crippen molar-refractivity contribution in [3.8, 4) is 11.3 Å². The van der Waals surface area contributed by atoms with E-state index in [0.29, 0.717) is 16.9 Å². The van der Waals surface area contributed by atoms with Crippen molar-refractivity contribution >= 4 is 11.6 Å².